The van der Waals surface area contributed by atoms with Crippen molar-refractivity contribution in [2.24, 2.45) is 12.8 Å². The molecular weight excluding hydrogens is 357 g/mol. The molecule has 0 aliphatic rings. The van der Waals surface area contributed by atoms with Crippen molar-refractivity contribution in [2.45, 2.75) is 12.5 Å². The highest BCUT2D eigenvalue weighted by Crippen LogP contribution is 2.20. The summed E-state index contributed by atoms with van der Waals surface area (Å²) in [5.41, 5.74) is 6.95. The molecule has 2 aromatic heterocycles. The number of halogens is 2. The smallest absolute Gasteiger partial charge is 0.253 e. The Balaban J connectivity index is 1.73. The van der Waals surface area contributed by atoms with Crippen molar-refractivity contribution in [1.29, 1.82) is 0 Å². The molecule has 0 fully saturated rings. The number of nitrogens with zero attached hydrogens (tertiary/aromatic N) is 3. The third-order valence-electron chi connectivity index (χ3n) is 4.07. The normalized spacial score (nSPS) is 12.2. The van der Waals surface area contributed by atoms with E-state index in [-0.39, 0.29) is 24.3 Å². The number of nitrogens with one attached hydrogen (secondary N) is 1. The quantitative estimate of drug-likeness (QED) is 0.694. The third kappa shape index (κ3) is 3.95. The van der Waals surface area contributed by atoms with Crippen LogP contribution in [0.1, 0.15) is 15.9 Å². The zero-order chi connectivity index (χ0) is 18.7. The Kier molecular flexibility index (Phi) is 5.39. The van der Waals surface area contributed by atoms with Crippen LogP contribution in [0.25, 0.3) is 5.82 Å². The van der Waals surface area contributed by atoms with Crippen molar-refractivity contribution in [3.8, 4) is 5.82 Å². The second kappa shape index (κ2) is 7.72. The second-order valence-corrected chi connectivity index (χ2v) is 6.36. The average Bonchev–Trinajstić information content (AvgIpc) is 3.19. The van der Waals surface area contributed by atoms with Crippen LogP contribution in [-0.2, 0) is 13.5 Å². The van der Waals surface area contributed by atoms with Crippen molar-refractivity contribution < 1.29 is 9.18 Å². The summed E-state index contributed by atoms with van der Waals surface area (Å²) in [7, 11) is 1.79. The van der Waals surface area contributed by atoms with Crippen LogP contribution in [0.5, 0.6) is 0 Å². The lowest BCUT2D eigenvalue weighted by Crippen LogP contribution is -2.41. The molecule has 3 N–H and O–H groups in total. The maximum atomic E-state index is 13.3. The summed E-state index contributed by atoms with van der Waals surface area (Å²) in [6, 6.07) is 9.30. The number of carbonyl (C=O) groups is 1. The van der Waals surface area contributed by atoms with Crippen LogP contribution >= 0.6 is 11.6 Å². The molecule has 6 nitrogen and oxygen atoms in total. The first-order valence-electron chi connectivity index (χ1n) is 8.09. The maximum absolute atomic E-state index is 13.3. The Morgan fingerprint density at radius 2 is 2.19 bits per heavy atom. The van der Waals surface area contributed by atoms with E-state index in [1.54, 1.807) is 53.0 Å². The van der Waals surface area contributed by atoms with Crippen LogP contribution in [0, 0.1) is 5.82 Å². The standard InChI is InChI=1S/C18H19ClFN5O/c1-24-17(5-6-22-24)25-11-13(9-16(25)19)18(26)23-15(10-21)8-12-3-2-4-14(20)7-12/h2-7,9,11,15H,8,10,21H2,1H3,(H,23,26). The lowest BCUT2D eigenvalue weighted by molar-refractivity contribution is 0.0938. The fourth-order valence-electron chi connectivity index (χ4n) is 2.75. The molecule has 136 valence electrons. The summed E-state index contributed by atoms with van der Waals surface area (Å²) in [4.78, 5) is 12.6. The predicted octanol–water partition coefficient (Wildman–Crippen LogP) is 2.30. The van der Waals surface area contributed by atoms with Gasteiger partial charge in [-0.25, -0.2) is 4.39 Å². The van der Waals surface area contributed by atoms with Crippen molar-refractivity contribution in [2.75, 3.05) is 6.54 Å². The van der Waals surface area contributed by atoms with Gasteiger partial charge in [0.25, 0.3) is 5.91 Å². The molecule has 26 heavy (non-hydrogen) atoms. The van der Waals surface area contributed by atoms with Gasteiger partial charge in [-0.2, -0.15) is 5.10 Å². The molecule has 1 atom stereocenters. The van der Waals surface area contributed by atoms with Crippen LogP contribution < -0.4 is 11.1 Å². The van der Waals surface area contributed by atoms with E-state index in [2.05, 4.69) is 10.4 Å². The second-order valence-electron chi connectivity index (χ2n) is 5.97. The van der Waals surface area contributed by atoms with Gasteiger partial charge in [-0.05, 0) is 30.2 Å². The number of benzene rings is 1. The number of hydrogen-bond acceptors (Lipinski definition) is 3. The van der Waals surface area contributed by atoms with Gasteiger partial charge in [-0.1, -0.05) is 23.7 Å². The van der Waals surface area contributed by atoms with Gasteiger partial charge in [-0.15, -0.1) is 0 Å². The summed E-state index contributed by atoms with van der Waals surface area (Å²) in [5, 5.41) is 7.36. The number of nitrogens with two attached hydrogens (primary N) is 1. The third-order valence-corrected chi connectivity index (χ3v) is 4.36. The van der Waals surface area contributed by atoms with Gasteiger partial charge in [0, 0.05) is 31.9 Å². The van der Waals surface area contributed by atoms with Gasteiger partial charge in [0.1, 0.15) is 16.8 Å². The van der Waals surface area contributed by atoms with Crippen LogP contribution in [-0.4, -0.2) is 32.8 Å². The summed E-state index contributed by atoms with van der Waals surface area (Å²) >= 11 is 6.25. The minimum Gasteiger partial charge on any atom is -0.348 e. The van der Waals surface area contributed by atoms with Crippen molar-refractivity contribution in [3.05, 3.63) is 70.9 Å². The van der Waals surface area contributed by atoms with Crippen LogP contribution in [0.4, 0.5) is 4.39 Å². The van der Waals surface area contributed by atoms with Crippen LogP contribution in [0.2, 0.25) is 5.15 Å². The summed E-state index contributed by atoms with van der Waals surface area (Å²) < 4.78 is 16.6. The first kappa shape index (κ1) is 18.2. The molecule has 0 spiro atoms. The largest absolute Gasteiger partial charge is 0.348 e. The topological polar surface area (TPSA) is 77.9 Å². The molecule has 0 aliphatic carbocycles. The predicted molar refractivity (Wildman–Crippen MR) is 98.0 cm³/mol. The molecule has 0 saturated carbocycles. The van der Waals surface area contributed by atoms with E-state index in [0.717, 1.165) is 11.4 Å². The minimum absolute atomic E-state index is 0.235. The van der Waals surface area contributed by atoms with E-state index in [1.165, 1.54) is 12.1 Å². The van der Waals surface area contributed by atoms with Crippen molar-refractivity contribution >= 4 is 17.5 Å². The van der Waals surface area contributed by atoms with E-state index in [9.17, 15) is 9.18 Å². The zero-order valence-electron chi connectivity index (χ0n) is 14.2. The average molecular weight is 376 g/mol. The summed E-state index contributed by atoms with van der Waals surface area (Å²) in [6.07, 6.45) is 3.73. The summed E-state index contributed by atoms with van der Waals surface area (Å²) in [5.74, 6) is 0.133. The number of carbonyl (C=O) groups excluding carboxylic acids is 1. The van der Waals surface area contributed by atoms with E-state index in [4.69, 9.17) is 17.3 Å². The molecule has 2 heterocycles. The summed E-state index contributed by atoms with van der Waals surface area (Å²) in [6.45, 7) is 0.235. The number of hydrogen-bond donors (Lipinski definition) is 2. The van der Waals surface area contributed by atoms with Gasteiger partial charge < -0.3 is 11.1 Å². The first-order chi connectivity index (χ1) is 12.5. The Morgan fingerprint density at radius 3 is 2.85 bits per heavy atom. The van der Waals surface area contributed by atoms with Gasteiger partial charge in [0.15, 0.2) is 0 Å². The van der Waals surface area contributed by atoms with E-state index in [1.807, 2.05) is 0 Å². The molecule has 0 aliphatic heterocycles. The molecule has 1 aromatic carbocycles. The molecule has 0 bridgehead atoms. The fourth-order valence-corrected chi connectivity index (χ4v) is 3.00. The van der Waals surface area contributed by atoms with Crippen LogP contribution in [0.15, 0.2) is 48.8 Å². The monoisotopic (exact) mass is 375 g/mol. The Hall–Kier alpha value is -2.64. The first-order valence-corrected chi connectivity index (χ1v) is 8.47. The lowest BCUT2D eigenvalue weighted by atomic mass is 10.1. The Labute approximate surface area is 155 Å². The van der Waals surface area contributed by atoms with Gasteiger partial charge in [-0.3, -0.25) is 14.0 Å². The Bertz CT molecular complexity index is 920. The highest BCUT2D eigenvalue weighted by atomic mass is 35.5. The molecule has 1 unspecified atom stereocenters. The molecule has 3 aromatic rings. The zero-order valence-corrected chi connectivity index (χ0v) is 14.9. The van der Waals surface area contributed by atoms with E-state index in [0.29, 0.717) is 17.1 Å². The number of amides is 1. The molecule has 1 amide bonds. The number of rotatable bonds is 6. The van der Waals surface area contributed by atoms with Crippen LogP contribution in [0.3, 0.4) is 0 Å². The van der Waals surface area contributed by atoms with Gasteiger partial charge >= 0.3 is 0 Å². The highest BCUT2D eigenvalue weighted by molar-refractivity contribution is 6.30. The van der Waals surface area contributed by atoms with Crippen molar-refractivity contribution in [3.63, 3.8) is 0 Å². The maximum Gasteiger partial charge on any atom is 0.253 e. The van der Waals surface area contributed by atoms with Gasteiger partial charge in [0.05, 0.1) is 11.8 Å². The highest BCUT2D eigenvalue weighted by Gasteiger charge is 2.17. The SMILES string of the molecule is Cn1nccc1-n1cc(C(=O)NC(CN)Cc2cccc(F)c2)cc1Cl. The van der Waals surface area contributed by atoms with Gasteiger partial charge in [0.2, 0.25) is 0 Å². The molecule has 0 radical (unpaired) electrons. The fraction of sp³-hybridized carbons (Fsp3) is 0.222. The molecule has 8 heteroatoms. The molecular formula is C18H19ClFN5O. The minimum atomic E-state index is -0.317. The van der Waals surface area contributed by atoms with Crippen molar-refractivity contribution in [1.82, 2.24) is 19.7 Å². The molecule has 3 rings (SSSR count). The number of aryl methyl sites for hydroxylation is 1. The Morgan fingerprint density at radius 1 is 1.38 bits per heavy atom. The van der Waals surface area contributed by atoms with E-state index >= 15 is 0 Å². The lowest BCUT2D eigenvalue weighted by Gasteiger charge is -2.16. The molecule has 0 saturated heterocycles. The number of aromatic nitrogens is 3. The van der Waals surface area contributed by atoms with E-state index < -0.39 is 0 Å².